The summed E-state index contributed by atoms with van der Waals surface area (Å²) in [4.78, 5) is 14.7. The number of likely N-dealkylation sites (N-methyl/N-ethyl adjacent to an activating group) is 1. The molecule has 1 unspecified atom stereocenters. The van der Waals surface area contributed by atoms with Gasteiger partial charge in [-0.2, -0.15) is 4.31 Å². The van der Waals surface area contributed by atoms with Crippen molar-refractivity contribution in [2.45, 2.75) is 37.6 Å². The van der Waals surface area contributed by atoms with Crippen LogP contribution in [0.15, 0.2) is 29.2 Å². The molecule has 2 rings (SSSR count). The fourth-order valence-electron chi connectivity index (χ4n) is 3.29. The van der Waals surface area contributed by atoms with Gasteiger partial charge in [-0.15, -0.1) is 0 Å². The minimum Gasteiger partial charge on any atom is -0.325 e. The summed E-state index contributed by atoms with van der Waals surface area (Å²) < 4.78 is 26.6. The third-order valence-corrected chi connectivity index (χ3v) is 6.79. The first-order valence-corrected chi connectivity index (χ1v) is 10.6. The molecule has 0 bridgehead atoms. The van der Waals surface area contributed by atoms with E-state index in [0.29, 0.717) is 31.4 Å². The quantitative estimate of drug-likeness (QED) is 0.709. The van der Waals surface area contributed by atoms with Crippen molar-refractivity contribution in [3.63, 3.8) is 0 Å². The molecule has 1 saturated heterocycles. The SMILES string of the molecule is CCN(CC)S(=O)(=O)c1cccc(NC(=O)CN2CCCC(NC)C2)c1. The summed E-state index contributed by atoms with van der Waals surface area (Å²) >= 11 is 0. The molecule has 0 aliphatic carbocycles. The number of nitrogens with zero attached hydrogens (tertiary/aromatic N) is 2. The van der Waals surface area contributed by atoms with Crippen molar-refractivity contribution in [3.8, 4) is 0 Å². The molecule has 1 heterocycles. The van der Waals surface area contributed by atoms with Crippen LogP contribution < -0.4 is 10.6 Å². The second-order valence-corrected chi connectivity index (χ2v) is 8.47. The fourth-order valence-corrected chi connectivity index (χ4v) is 4.79. The summed E-state index contributed by atoms with van der Waals surface area (Å²) in [7, 11) is -1.59. The van der Waals surface area contributed by atoms with Gasteiger partial charge in [0.2, 0.25) is 15.9 Å². The highest BCUT2D eigenvalue weighted by molar-refractivity contribution is 7.89. The van der Waals surface area contributed by atoms with Crippen LogP contribution in [0.3, 0.4) is 0 Å². The summed E-state index contributed by atoms with van der Waals surface area (Å²) in [5.41, 5.74) is 0.505. The van der Waals surface area contributed by atoms with Gasteiger partial charge in [0.1, 0.15) is 0 Å². The van der Waals surface area contributed by atoms with Crippen LogP contribution in [0.1, 0.15) is 26.7 Å². The van der Waals surface area contributed by atoms with E-state index in [4.69, 9.17) is 0 Å². The van der Waals surface area contributed by atoms with Gasteiger partial charge in [0.05, 0.1) is 11.4 Å². The van der Waals surface area contributed by atoms with E-state index in [9.17, 15) is 13.2 Å². The standard InChI is InChI=1S/C18H30N4O3S/c1-4-22(5-2)26(24,25)17-10-6-8-15(12-17)20-18(23)14-21-11-7-9-16(13-21)19-3/h6,8,10,12,16,19H,4-5,7,9,11,13-14H2,1-3H3,(H,20,23). The zero-order chi connectivity index (χ0) is 19.2. The first kappa shape index (κ1) is 20.8. The fraction of sp³-hybridized carbons (Fsp3) is 0.611. The Morgan fingerprint density at radius 2 is 2.04 bits per heavy atom. The number of rotatable bonds is 8. The number of nitrogens with one attached hydrogen (secondary N) is 2. The summed E-state index contributed by atoms with van der Waals surface area (Å²) in [5.74, 6) is -0.126. The van der Waals surface area contributed by atoms with Gasteiger partial charge in [-0.25, -0.2) is 8.42 Å². The predicted molar refractivity (Wildman–Crippen MR) is 104 cm³/mol. The molecular formula is C18H30N4O3S. The van der Waals surface area contributed by atoms with E-state index in [-0.39, 0.29) is 10.8 Å². The average Bonchev–Trinajstić information content (AvgIpc) is 2.62. The van der Waals surface area contributed by atoms with E-state index >= 15 is 0 Å². The highest BCUT2D eigenvalue weighted by Crippen LogP contribution is 2.19. The lowest BCUT2D eigenvalue weighted by Crippen LogP contribution is -2.46. The largest absolute Gasteiger partial charge is 0.325 e. The molecule has 1 aromatic rings. The Balaban J connectivity index is 2.03. The summed E-state index contributed by atoms with van der Waals surface area (Å²) in [5, 5.41) is 6.08. The zero-order valence-electron chi connectivity index (χ0n) is 15.9. The molecule has 0 radical (unpaired) electrons. The summed E-state index contributed by atoms with van der Waals surface area (Å²) in [6, 6.07) is 6.87. The first-order chi connectivity index (χ1) is 12.4. The van der Waals surface area contributed by atoms with Crippen LogP contribution >= 0.6 is 0 Å². The third kappa shape index (κ3) is 5.26. The minimum atomic E-state index is -3.53. The second kappa shape index (κ2) is 9.45. The molecule has 0 aromatic heterocycles. The molecule has 7 nitrogen and oxygen atoms in total. The monoisotopic (exact) mass is 382 g/mol. The lowest BCUT2D eigenvalue weighted by atomic mass is 10.1. The smallest absolute Gasteiger partial charge is 0.243 e. The lowest BCUT2D eigenvalue weighted by molar-refractivity contribution is -0.117. The van der Waals surface area contributed by atoms with E-state index < -0.39 is 10.0 Å². The Labute approximate surface area is 156 Å². The number of anilines is 1. The van der Waals surface area contributed by atoms with Crippen molar-refractivity contribution in [2.75, 3.05) is 45.1 Å². The lowest BCUT2D eigenvalue weighted by Gasteiger charge is -2.31. The first-order valence-electron chi connectivity index (χ1n) is 9.20. The number of carbonyl (C=O) groups excluding carboxylic acids is 1. The van der Waals surface area contributed by atoms with Crippen molar-refractivity contribution in [2.24, 2.45) is 0 Å². The second-order valence-electron chi connectivity index (χ2n) is 6.53. The molecule has 0 spiro atoms. The van der Waals surface area contributed by atoms with Gasteiger partial charge in [-0.3, -0.25) is 9.69 Å². The van der Waals surface area contributed by atoms with E-state index in [1.54, 1.807) is 18.2 Å². The van der Waals surface area contributed by atoms with Gasteiger partial charge in [0.25, 0.3) is 0 Å². The van der Waals surface area contributed by atoms with Crippen molar-refractivity contribution in [1.82, 2.24) is 14.5 Å². The van der Waals surface area contributed by atoms with E-state index in [1.165, 1.54) is 10.4 Å². The molecule has 1 aromatic carbocycles. The number of piperidine rings is 1. The molecular weight excluding hydrogens is 352 g/mol. The molecule has 1 aliphatic heterocycles. The van der Waals surface area contributed by atoms with Crippen molar-refractivity contribution < 1.29 is 13.2 Å². The number of carbonyl (C=O) groups is 1. The molecule has 1 amide bonds. The van der Waals surface area contributed by atoms with Crippen LogP contribution in [-0.4, -0.2) is 69.3 Å². The number of hydrogen-bond donors (Lipinski definition) is 2. The van der Waals surface area contributed by atoms with Crippen molar-refractivity contribution in [1.29, 1.82) is 0 Å². The Morgan fingerprint density at radius 3 is 2.69 bits per heavy atom. The van der Waals surface area contributed by atoms with Crippen molar-refractivity contribution in [3.05, 3.63) is 24.3 Å². The molecule has 1 atom stereocenters. The molecule has 2 N–H and O–H groups in total. The van der Waals surface area contributed by atoms with Gasteiger partial charge in [-0.05, 0) is 44.6 Å². The Hall–Kier alpha value is -1.48. The molecule has 1 aliphatic rings. The van der Waals surface area contributed by atoms with E-state index in [2.05, 4.69) is 15.5 Å². The maximum absolute atomic E-state index is 12.6. The van der Waals surface area contributed by atoms with Crippen LogP contribution in [0.2, 0.25) is 0 Å². The molecule has 8 heteroatoms. The maximum atomic E-state index is 12.6. The Kier molecular flexibility index (Phi) is 7.57. The molecule has 146 valence electrons. The van der Waals surface area contributed by atoms with Crippen LogP contribution in [0.5, 0.6) is 0 Å². The number of hydrogen-bond acceptors (Lipinski definition) is 5. The predicted octanol–water partition coefficient (Wildman–Crippen LogP) is 1.34. The Bertz CT molecular complexity index is 704. The highest BCUT2D eigenvalue weighted by atomic mass is 32.2. The normalized spacial score (nSPS) is 18.8. The van der Waals surface area contributed by atoms with Gasteiger partial charge in [0, 0.05) is 31.4 Å². The molecule has 26 heavy (non-hydrogen) atoms. The Morgan fingerprint density at radius 1 is 1.31 bits per heavy atom. The van der Waals surface area contributed by atoms with Crippen molar-refractivity contribution >= 4 is 21.6 Å². The van der Waals surface area contributed by atoms with Crippen LogP contribution in [0.25, 0.3) is 0 Å². The number of benzene rings is 1. The number of amides is 1. The van der Waals surface area contributed by atoms with Gasteiger partial charge >= 0.3 is 0 Å². The average molecular weight is 383 g/mol. The highest BCUT2D eigenvalue weighted by Gasteiger charge is 2.23. The van der Waals surface area contributed by atoms with Crippen LogP contribution in [-0.2, 0) is 14.8 Å². The van der Waals surface area contributed by atoms with Gasteiger partial charge < -0.3 is 10.6 Å². The zero-order valence-corrected chi connectivity index (χ0v) is 16.7. The maximum Gasteiger partial charge on any atom is 0.243 e. The van der Waals surface area contributed by atoms with E-state index in [1.807, 2.05) is 20.9 Å². The van der Waals surface area contributed by atoms with Crippen LogP contribution in [0, 0.1) is 0 Å². The minimum absolute atomic E-state index is 0.126. The van der Waals surface area contributed by atoms with Gasteiger partial charge in [0.15, 0.2) is 0 Å². The molecule has 1 fully saturated rings. The summed E-state index contributed by atoms with van der Waals surface area (Å²) in [6.07, 6.45) is 2.19. The van der Waals surface area contributed by atoms with E-state index in [0.717, 1.165) is 25.9 Å². The topological polar surface area (TPSA) is 81.8 Å². The molecule has 0 saturated carbocycles. The van der Waals surface area contributed by atoms with Gasteiger partial charge in [-0.1, -0.05) is 19.9 Å². The van der Waals surface area contributed by atoms with Crippen LogP contribution in [0.4, 0.5) is 5.69 Å². The summed E-state index contributed by atoms with van der Waals surface area (Å²) in [6.45, 7) is 6.51. The third-order valence-electron chi connectivity index (χ3n) is 4.74. The number of sulfonamides is 1. The number of likely N-dealkylation sites (tertiary alicyclic amines) is 1.